The number of sulfonamides is 1. The first-order valence-corrected chi connectivity index (χ1v) is 10.1. The van der Waals surface area contributed by atoms with Crippen LogP contribution in [0.5, 0.6) is 0 Å². The summed E-state index contributed by atoms with van der Waals surface area (Å²) in [6.45, 7) is 2.28. The minimum Gasteiger partial charge on any atom is -0.468 e. The Morgan fingerprint density at radius 3 is 2.62 bits per heavy atom. The summed E-state index contributed by atoms with van der Waals surface area (Å²) in [6, 6.07) is 7.71. The number of aryl methyl sites for hydroxylation is 1. The third-order valence-electron chi connectivity index (χ3n) is 4.28. The molecule has 0 fully saturated rings. The number of thiophene rings is 1. The van der Waals surface area contributed by atoms with Crippen LogP contribution < -0.4 is 0 Å². The van der Waals surface area contributed by atoms with Crippen LogP contribution in [0.2, 0.25) is 0 Å². The number of nitrogens with zero attached hydrogens (tertiary/aromatic N) is 1. The highest BCUT2D eigenvalue weighted by molar-refractivity contribution is 7.89. The Morgan fingerprint density at radius 2 is 2.00 bits per heavy atom. The largest absolute Gasteiger partial charge is 0.468 e. The first-order valence-electron chi connectivity index (χ1n) is 7.74. The van der Waals surface area contributed by atoms with Crippen LogP contribution in [0, 0.1) is 0 Å². The van der Waals surface area contributed by atoms with Crippen LogP contribution in [-0.2, 0) is 32.4 Å². The number of fused-ring (bicyclic) bond motifs is 1. The van der Waals surface area contributed by atoms with Gasteiger partial charge in [0.15, 0.2) is 0 Å². The third kappa shape index (κ3) is 2.87. The number of hydrogen-bond donors (Lipinski definition) is 0. The second-order valence-electron chi connectivity index (χ2n) is 5.59. The zero-order chi connectivity index (χ0) is 17.3. The summed E-state index contributed by atoms with van der Waals surface area (Å²) in [5, 5.41) is 1.88. The molecule has 0 unspecified atom stereocenters. The summed E-state index contributed by atoms with van der Waals surface area (Å²) in [5.74, 6) is -0.553. The highest BCUT2D eigenvalue weighted by atomic mass is 32.2. The predicted octanol–water partition coefficient (Wildman–Crippen LogP) is 2.77. The van der Waals surface area contributed by atoms with Crippen LogP contribution in [-0.4, -0.2) is 32.3 Å². The van der Waals surface area contributed by atoms with Crippen molar-refractivity contribution in [2.24, 2.45) is 0 Å². The van der Waals surface area contributed by atoms with E-state index in [1.165, 1.54) is 11.4 Å². The van der Waals surface area contributed by atoms with E-state index in [1.807, 2.05) is 18.4 Å². The Kier molecular flexibility index (Phi) is 4.76. The molecule has 5 nitrogen and oxygen atoms in total. The second kappa shape index (κ2) is 6.66. The average Bonchev–Trinajstić information content (AvgIpc) is 3.08. The summed E-state index contributed by atoms with van der Waals surface area (Å²) in [6.07, 6.45) is 1.44. The molecule has 0 bridgehead atoms. The molecular weight excluding hydrogens is 346 g/mol. The number of carbonyl (C=O) groups excluding carboxylic acids is 1. The van der Waals surface area contributed by atoms with E-state index in [4.69, 9.17) is 4.74 Å². The quantitative estimate of drug-likeness (QED) is 0.782. The fourth-order valence-electron chi connectivity index (χ4n) is 2.94. The molecule has 0 saturated carbocycles. The fraction of sp³-hybridized carbons (Fsp3) is 0.353. The molecule has 0 saturated heterocycles. The lowest BCUT2D eigenvalue weighted by Gasteiger charge is -2.33. The van der Waals surface area contributed by atoms with Crippen LogP contribution >= 0.6 is 11.3 Å². The molecule has 0 aliphatic carbocycles. The van der Waals surface area contributed by atoms with Gasteiger partial charge in [-0.05, 0) is 47.5 Å². The lowest BCUT2D eigenvalue weighted by molar-refractivity contribution is -0.145. The van der Waals surface area contributed by atoms with E-state index < -0.39 is 22.0 Å². The molecule has 3 rings (SSSR count). The van der Waals surface area contributed by atoms with E-state index in [1.54, 1.807) is 35.6 Å². The molecule has 24 heavy (non-hydrogen) atoms. The van der Waals surface area contributed by atoms with Crippen LogP contribution in [0.1, 0.15) is 29.0 Å². The van der Waals surface area contributed by atoms with Crippen molar-refractivity contribution < 1.29 is 17.9 Å². The average molecular weight is 365 g/mol. The van der Waals surface area contributed by atoms with E-state index in [-0.39, 0.29) is 11.4 Å². The van der Waals surface area contributed by atoms with Crippen molar-refractivity contribution in [3.8, 4) is 0 Å². The molecule has 0 radical (unpaired) electrons. The molecule has 1 aromatic carbocycles. The van der Waals surface area contributed by atoms with E-state index in [2.05, 4.69) is 0 Å². The second-order valence-corrected chi connectivity index (χ2v) is 8.48. The smallest absolute Gasteiger partial charge is 0.328 e. The van der Waals surface area contributed by atoms with Gasteiger partial charge in [0, 0.05) is 11.4 Å². The van der Waals surface area contributed by atoms with Gasteiger partial charge in [-0.1, -0.05) is 19.1 Å². The Labute approximate surface area is 145 Å². The highest BCUT2D eigenvalue weighted by Crippen LogP contribution is 2.37. The number of methoxy groups -OCH3 is 1. The standard InChI is InChI=1S/C17H19NO4S2/c1-3-12-4-6-13(7-5-12)24(20,21)18-10-8-15-14(9-11-23-15)16(18)17(19)22-2/h4-7,9,11,16H,3,8,10H2,1-2H3/t16-/m0/s1. The van der Waals surface area contributed by atoms with Gasteiger partial charge < -0.3 is 4.74 Å². The zero-order valence-electron chi connectivity index (χ0n) is 13.6. The maximum Gasteiger partial charge on any atom is 0.328 e. The van der Waals surface area contributed by atoms with Crippen molar-refractivity contribution >= 4 is 27.3 Å². The van der Waals surface area contributed by atoms with Crippen LogP contribution in [0.3, 0.4) is 0 Å². The SMILES string of the molecule is CCc1ccc(S(=O)(=O)N2CCc3sccc3[C@H]2C(=O)OC)cc1. The molecule has 7 heteroatoms. The van der Waals surface area contributed by atoms with Crippen molar-refractivity contribution in [1.82, 2.24) is 4.31 Å². The van der Waals surface area contributed by atoms with Gasteiger partial charge in [0.05, 0.1) is 12.0 Å². The lowest BCUT2D eigenvalue weighted by Crippen LogP contribution is -2.43. The van der Waals surface area contributed by atoms with Crippen LogP contribution in [0.4, 0.5) is 0 Å². The molecule has 1 aliphatic rings. The summed E-state index contributed by atoms with van der Waals surface area (Å²) in [4.78, 5) is 13.5. The minimum atomic E-state index is -3.77. The molecule has 128 valence electrons. The summed E-state index contributed by atoms with van der Waals surface area (Å²) in [7, 11) is -2.49. The van der Waals surface area contributed by atoms with Gasteiger partial charge in [0.1, 0.15) is 6.04 Å². The lowest BCUT2D eigenvalue weighted by atomic mass is 10.0. The van der Waals surface area contributed by atoms with Crippen molar-refractivity contribution in [3.63, 3.8) is 0 Å². The fourth-order valence-corrected chi connectivity index (χ4v) is 5.40. The molecule has 0 spiro atoms. The van der Waals surface area contributed by atoms with Crippen molar-refractivity contribution in [1.29, 1.82) is 0 Å². The Balaban J connectivity index is 2.03. The Hall–Kier alpha value is -1.70. The monoisotopic (exact) mass is 365 g/mol. The van der Waals surface area contributed by atoms with Gasteiger partial charge in [-0.25, -0.2) is 13.2 Å². The van der Waals surface area contributed by atoms with E-state index in [0.29, 0.717) is 6.42 Å². The highest BCUT2D eigenvalue weighted by Gasteiger charge is 2.41. The maximum atomic E-state index is 13.1. The molecule has 2 aromatic rings. The van der Waals surface area contributed by atoms with Crippen molar-refractivity contribution in [2.75, 3.05) is 13.7 Å². The molecule has 1 atom stereocenters. The third-order valence-corrected chi connectivity index (χ3v) is 7.16. The first kappa shape index (κ1) is 17.1. The minimum absolute atomic E-state index is 0.201. The summed E-state index contributed by atoms with van der Waals surface area (Å²) >= 11 is 1.54. The summed E-state index contributed by atoms with van der Waals surface area (Å²) in [5.41, 5.74) is 1.80. The molecular formula is C17H19NO4S2. The number of hydrogen-bond acceptors (Lipinski definition) is 5. The van der Waals surface area contributed by atoms with E-state index in [0.717, 1.165) is 22.4 Å². The first-order chi connectivity index (χ1) is 11.5. The van der Waals surface area contributed by atoms with Gasteiger partial charge >= 0.3 is 5.97 Å². The maximum absolute atomic E-state index is 13.1. The predicted molar refractivity (Wildman–Crippen MR) is 92.5 cm³/mol. The van der Waals surface area contributed by atoms with Crippen LogP contribution in [0.15, 0.2) is 40.6 Å². The number of rotatable bonds is 4. The Morgan fingerprint density at radius 1 is 1.29 bits per heavy atom. The number of benzene rings is 1. The number of carbonyl (C=O) groups is 1. The number of ether oxygens (including phenoxy) is 1. The number of esters is 1. The zero-order valence-corrected chi connectivity index (χ0v) is 15.2. The topological polar surface area (TPSA) is 63.7 Å². The molecule has 2 heterocycles. The van der Waals surface area contributed by atoms with Gasteiger partial charge in [0.2, 0.25) is 10.0 Å². The van der Waals surface area contributed by atoms with Crippen molar-refractivity contribution in [3.05, 3.63) is 51.7 Å². The molecule has 1 aliphatic heterocycles. The molecule has 0 amide bonds. The van der Waals surface area contributed by atoms with Gasteiger partial charge in [-0.2, -0.15) is 4.31 Å². The van der Waals surface area contributed by atoms with E-state index >= 15 is 0 Å². The summed E-state index contributed by atoms with van der Waals surface area (Å²) < 4.78 is 32.3. The van der Waals surface area contributed by atoms with Gasteiger partial charge in [0.25, 0.3) is 0 Å². The van der Waals surface area contributed by atoms with Gasteiger partial charge in [-0.15, -0.1) is 11.3 Å². The van der Waals surface area contributed by atoms with E-state index in [9.17, 15) is 13.2 Å². The van der Waals surface area contributed by atoms with Crippen molar-refractivity contribution in [2.45, 2.75) is 30.7 Å². The van der Waals surface area contributed by atoms with Gasteiger partial charge in [-0.3, -0.25) is 0 Å². The molecule has 1 aromatic heterocycles. The normalized spacial score (nSPS) is 18.2. The Bertz CT molecular complexity index is 840. The van der Waals surface area contributed by atoms with Crippen LogP contribution in [0.25, 0.3) is 0 Å². The molecule has 0 N–H and O–H groups in total.